The molecule has 12 nitrogen and oxygen atoms in total. The Labute approximate surface area is 250 Å². The van der Waals surface area contributed by atoms with Crippen LogP contribution in [0.3, 0.4) is 0 Å². The SMILES string of the molecule is CS(=O)(=O)NC(=O)c1cc(Oc2ccc(C(F)(F)F)cc2Cl)ccc1[N+](=O)[O-].Nc1cnn(-c2ccccc2)c(=O)c1Cl. The van der Waals surface area contributed by atoms with Crippen molar-refractivity contribution in [1.29, 1.82) is 0 Å². The number of amides is 1. The number of carbonyl (C=O) groups excluding carboxylic acids is 1. The Bertz CT molecular complexity index is 1850. The Morgan fingerprint density at radius 1 is 1.09 bits per heavy atom. The van der Waals surface area contributed by atoms with Gasteiger partial charge in [0.1, 0.15) is 22.1 Å². The average molecular weight is 660 g/mol. The summed E-state index contributed by atoms with van der Waals surface area (Å²) in [5.74, 6) is -1.68. The standard InChI is InChI=1S/C15H10ClF3N2O6S.C10H8ClN3O/c1-28(25,26)20-14(22)10-7-9(3-4-12(10)21(23)24)27-13-5-2-8(6-11(13)16)15(17,18)19;11-9-8(12)6-13-14(10(9)15)7-4-2-1-3-5-7/h2-7H,1H3,(H,20,22);1-6H,12H2. The first-order valence-electron chi connectivity index (χ1n) is 11.4. The number of carbonyl (C=O) groups is 1. The van der Waals surface area contributed by atoms with Crippen molar-refractivity contribution in [2.45, 2.75) is 6.18 Å². The summed E-state index contributed by atoms with van der Waals surface area (Å²) in [6, 6.07) is 14.1. The maximum atomic E-state index is 12.7. The number of nitrogens with zero attached hydrogens (tertiary/aromatic N) is 3. The Hall–Kier alpha value is -4.67. The van der Waals surface area contributed by atoms with Crippen LogP contribution in [0, 0.1) is 10.1 Å². The number of aromatic nitrogens is 2. The fourth-order valence-corrected chi connectivity index (χ4v) is 4.02. The van der Waals surface area contributed by atoms with E-state index in [-0.39, 0.29) is 22.2 Å². The highest BCUT2D eigenvalue weighted by Gasteiger charge is 2.31. The number of sulfonamides is 1. The molecule has 0 aliphatic rings. The molecule has 0 spiro atoms. The zero-order chi connectivity index (χ0) is 32.1. The van der Waals surface area contributed by atoms with E-state index in [1.807, 2.05) is 18.2 Å². The second-order valence-corrected chi connectivity index (χ2v) is 10.9. The van der Waals surface area contributed by atoms with Crippen LogP contribution in [0.1, 0.15) is 15.9 Å². The minimum absolute atomic E-state index is 0.00569. The molecule has 3 aromatic carbocycles. The number of nitro benzene ring substituents is 1. The predicted molar refractivity (Wildman–Crippen MR) is 151 cm³/mol. The number of halogens is 5. The van der Waals surface area contributed by atoms with Crippen molar-refractivity contribution in [3.8, 4) is 17.2 Å². The molecule has 226 valence electrons. The minimum Gasteiger partial charge on any atom is -0.456 e. The normalized spacial score (nSPS) is 11.2. The summed E-state index contributed by atoms with van der Waals surface area (Å²) in [6.07, 6.45) is -2.58. The van der Waals surface area contributed by atoms with Gasteiger partial charge in [-0.3, -0.25) is 19.7 Å². The number of alkyl halides is 3. The first-order chi connectivity index (χ1) is 20.0. The number of para-hydroxylation sites is 1. The van der Waals surface area contributed by atoms with Crippen LogP contribution in [-0.2, 0) is 16.2 Å². The summed E-state index contributed by atoms with van der Waals surface area (Å²) >= 11 is 11.5. The largest absolute Gasteiger partial charge is 0.456 e. The molecule has 0 unspecified atom stereocenters. The first kappa shape index (κ1) is 32.8. The molecule has 1 aromatic heterocycles. The minimum atomic E-state index is -4.62. The zero-order valence-electron chi connectivity index (χ0n) is 21.5. The number of nitrogen functional groups attached to an aromatic ring is 1. The van der Waals surface area contributed by atoms with Crippen LogP contribution in [0.2, 0.25) is 10.0 Å². The molecule has 1 amide bonds. The first-order valence-corrected chi connectivity index (χ1v) is 14.1. The van der Waals surface area contributed by atoms with Crippen LogP contribution in [0.25, 0.3) is 5.69 Å². The molecule has 3 N–H and O–H groups in total. The number of hydrogen-bond acceptors (Lipinski definition) is 9. The van der Waals surface area contributed by atoms with Gasteiger partial charge in [-0.25, -0.2) is 13.1 Å². The van der Waals surface area contributed by atoms with Gasteiger partial charge < -0.3 is 10.5 Å². The van der Waals surface area contributed by atoms with E-state index in [0.717, 1.165) is 24.3 Å². The molecule has 0 saturated carbocycles. The highest BCUT2D eigenvalue weighted by atomic mass is 35.5. The van der Waals surface area contributed by atoms with E-state index in [9.17, 15) is 41.3 Å². The highest BCUT2D eigenvalue weighted by Crippen LogP contribution is 2.37. The van der Waals surface area contributed by atoms with Crippen LogP contribution < -0.4 is 20.8 Å². The molecule has 0 aliphatic heterocycles. The maximum absolute atomic E-state index is 12.7. The van der Waals surface area contributed by atoms with Crippen LogP contribution in [-0.4, -0.2) is 35.3 Å². The molecule has 43 heavy (non-hydrogen) atoms. The van der Waals surface area contributed by atoms with E-state index >= 15 is 0 Å². The summed E-state index contributed by atoms with van der Waals surface area (Å²) in [5.41, 5.74) is 3.55. The van der Waals surface area contributed by atoms with Gasteiger partial charge in [-0.2, -0.15) is 23.0 Å². The van der Waals surface area contributed by atoms with Crippen molar-refractivity contribution in [3.05, 3.63) is 115 Å². The molecule has 1 heterocycles. The second kappa shape index (κ2) is 13.1. The molecule has 0 radical (unpaired) electrons. The van der Waals surface area contributed by atoms with E-state index in [2.05, 4.69) is 5.10 Å². The number of nitrogens with one attached hydrogen (secondary N) is 1. The average Bonchev–Trinajstić information content (AvgIpc) is 2.92. The summed E-state index contributed by atoms with van der Waals surface area (Å²) in [7, 11) is -4.00. The third kappa shape index (κ3) is 8.67. The van der Waals surface area contributed by atoms with Gasteiger partial charge in [-0.05, 0) is 36.4 Å². The highest BCUT2D eigenvalue weighted by molar-refractivity contribution is 7.89. The van der Waals surface area contributed by atoms with Crippen molar-refractivity contribution in [2.75, 3.05) is 12.0 Å². The third-order valence-corrected chi connectivity index (χ3v) is 6.35. The van der Waals surface area contributed by atoms with Crippen LogP contribution in [0.15, 0.2) is 77.7 Å². The Morgan fingerprint density at radius 2 is 1.74 bits per heavy atom. The van der Waals surface area contributed by atoms with E-state index in [0.29, 0.717) is 24.1 Å². The molecular weight excluding hydrogens is 642 g/mol. The lowest BCUT2D eigenvalue weighted by atomic mass is 10.1. The van der Waals surface area contributed by atoms with Gasteiger partial charge in [0.15, 0.2) is 0 Å². The monoisotopic (exact) mass is 659 g/mol. The van der Waals surface area contributed by atoms with E-state index in [4.69, 9.17) is 33.7 Å². The number of hydrogen-bond donors (Lipinski definition) is 2. The van der Waals surface area contributed by atoms with Gasteiger partial charge in [-0.15, -0.1) is 0 Å². The summed E-state index contributed by atoms with van der Waals surface area (Å²) in [4.78, 5) is 33.8. The van der Waals surface area contributed by atoms with E-state index in [1.54, 1.807) is 16.9 Å². The Balaban J connectivity index is 0.000000282. The number of nitrogens with two attached hydrogens (primary N) is 1. The van der Waals surface area contributed by atoms with Crippen molar-refractivity contribution in [1.82, 2.24) is 14.5 Å². The molecule has 18 heteroatoms. The second-order valence-electron chi connectivity index (χ2n) is 8.35. The quantitative estimate of drug-likeness (QED) is 0.207. The van der Waals surface area contributed by atoms with E-state index in [1.165, 1.54) is 10.9 Å². The molecule has 0 saturated heterocycles. The molecule has 0 fully saturated rings. The van der Waals surface area contributed by atoms with Crippen molar-refractivity contribution in [2.24, 2.45) is 0 Å². The number of nitro groups is 1. The molecule has 0 bridgehead atoms. The lowest BCUT2D eigenvalue weighted by Crippen LogP contribution is -2.29. The Morgan fingerprint density at radius 3 is 2.30 bits per heavy atom. The van der Waals surface area contributed by atoms with Gasteiger partial charge >= 0.3 is 6.18 Å². The smallest absolute Gasteiger partial charge is 0.416 e. The Kier molecular flexibility index (Phi) is 10.0. The maximum Gasteiger partial charge on any atom is 0.416 e. The topological polar surface area (TPSA) is 177 Å². The van der Waals surface area contributed by atoms with Crippen molar-refractivity contribution < 1.29 is 36.0 Å². The van der Waals surface area contributed by atoms with Crippen LogP contribution in [0.5, 0.6) is 11.5 Å². The fraction of sp³-hybridized carbons (Fsp3) is 0.0800. The number of anilines is 1. The third-order valence-electron chi connectivity index (χ3n) is 5.12. The van der Waals surface area contributed by atoms with Gasteiger partial charge in [0.05, 0.1) is 39.3 Å². The summed E-state index contributed by atoms with van der Waals surface area (Å²) in [6.45, 7) is 0. The van der Waals surface area contributed by atoms with Gasteiger partial charge in [0.2, 0.25) is 10.0 Å². The van der Waals surface area contributed by atoms with Gasteiger partial charge in [0, 0.05) is 12.1 Å². The number of ether oxygens (including phenoxy) is 1. The fourth-order valence-electron chi connectivity index (χ4n) is 3.23. The summed E-state index contributed by atoms with van der Waals surface area (Å²) < 4.78 is 68.4. The van der Waals surface area contributed by atoms with Crippen molar-refractivity contribution in [3.63, 3.8) is 0 Å². The van der Waals surface area contributed by atoms with Crippen LogP contribution in [0.4, 0.5) is 24.5 Å². The lowest BCUT2D eigenvalue weighted by Gasteiger charge is -2.12. The molecule has 0 atom stereocenters. The number of rotatable bonds is 6. The van der Waals surface area contributed by atoms with E-state index < -0.39 is 54.4 Å². The lowest BCUT2D eigenvalue weighted by molar-refractivity contribution is -0.385. The zero-order valence-corrected chi connectivity index (χ0v) is 23.8. The molecular formula is C25H18Cl2F3N5O7S. The van der Waals surface area contributed by atoms with Crippen LogP contribution >= 0.6 is 23.2 Å². The predicted octanol–water partition coefficient (Wildman–Crippen LogP) is 5.22. The molecule has 4 rings (SSSR count). The molecule has 0 aliphatic carbocycles. The van der Waals surface area contributed by atoms with Gasteiger partial charge in [-0.1, -0.05) is 41.4 Å². The summed E-state index contributed by atoms with van der Waals surface area (Å²) in [5, 5.41) is 14.6. The number of benzene rings is 3. The van der Waals surface area contributed by atoms with Gasteiger partial charge in [0.25, 0.3) is 17.2 Å². The molecule has 4 aromatic rings. The van der Waals surface area contributed by atoms with Crippen molar-refractivity contribution >= 4 is 50.5 Å².